The van der Waals surface area contributed by atoms with Gasteiger partial charge >= 0.3 is 5.97 Å². The van der Waals surface area contributed by atoms with Crippen LogP contribution < -0.4 is 0 Å². The summed E-state index contributed by atoms with van der Waals surface area (Å²) in [6.45, 7) is 2.17. The highest BCUT2D eigenvalue weighted by Crippen LogP contribution is 2.24. The molecule has 6 heteroatoms. The molecule has 3 nitrogen and oxygen atoms in total. The third-order valence-electron chi connectivity index (χ3n) is 2.41. The minimum atomic E-state index is -0.254. The summed E-state index contributed by atoms with van der Waals surface area (Å²) in [7, 11) is 0. The van der Waals surface area contributed by atoms with Crippen LogP contribution in [0.2, 0.25) is 0 Å². The molecule has 2 rings (SSSR count). The van der Waals surface area contributed by atoms with Crippen molar-refractivity contribution in [1.82, 2.24) is 4.98 Å². The second-order valence-corrected chi connectivity index (χ2v) is 5.95. The Kier molecular flexibility index (Phi) is 5.55. The van der Waals surface area contributed by atoms with Crippen LogP contribution in [0.1, 0.15) is 17.6 Å². The Labute approximate surface area is 125 Å². The molecule has 0 saturated heterocycles. The predicted molar refractivity (Wildman–Crippen MR) is 78.4 cm³/mol. The van der Waals surface area contributed by atoms with Crippen molar-refractivity contribution < 1.29 is 13.9 Å². The molecule has 0 aliphatic carbocycles. The zero-order valence-electron chi connectivity index (χ0n) is 11.0. The number of halogens is 1. The molecule has 0 aliphatic rings. The summed E-state index contributed by atoms with van der Waals surface area (Å²) < 4.78 is 17.7. The molecule has 0 fully saturated rings. The number of benzene rings is 1. The van der Waals surface area contributed by atoms with E-state index in [1.807, 2.05) is 5.38 Å². The van der Waals surface area contributed by atoms with Gasteiger partial charge in [0, 0.05) is 10.3 Å². The fourth-order valence-corrected chi connectivity index (χ4v) is 3.24. The first-order valence-electron chi connectivity index (χ1n) is 6.14. The number of carbonyl (C=O) groups excluding carboxylic acids is 1. The lowest BCUT2D eigenvalue weighted by molar-refractivity contribution is -0.142. The second kappa shape index (κ2) is 7.40. The largest absolute Gasteiger partial charge is 0.466 e. The highest BCUT2D eigenvalue weighted by molar-refractivity contribution is 7.98. The summed E-state index contributed by atoms with van der Waals surface area (Å²) in [6, 6.07) is 6.37. The van der Waals surface area contributed by atoms with E-state index >= 15 is 0 Å². The molecule has 0 spiro atoms. The highest BCUT2D eigenvalue weighted by Gasteiger charge is 2.08. The third-order valence-corrected chi connectivity index (χ3v) is 4.51. The van der Waals surface area contributed by atoms with Crippen LogP contribution in [-0.4, -0.2) is 17.6 Å². The van der Waals surface area contributed by atoms with Gasteiger partial charge < -0.3 is 4.74 Å². The number of ether oxygens (including phenoxy) is 1. The first-order chi connectivity index (χ1) is 9.67. The minimum Gasteiger partial charge on any atom is -0.466 e. The molecular weight excluding hydrogens is 297 g/mol. The Morgan fingerprint density at radius 1 is 1.40 bits per heavy atom. The summed E-state index contributed by atoms with van der Waals surface area (Å²) in [4.78, 5) is 16.7. The molecule has 0 N–H and O–H groups in total. The Balaban J connectivity index is 1.86. The monoisotopic (exact) mass is 311 g/mol. The molecule has 1 aromatic heterocycles. The van der Waals surface area contributed by atoms with Gasteiger partial charge in [-0.1, -0.05) is 0 Å². The van der Waals surface area contributed by atoms with Crippen molar-refractivity contribution >= 4 is 29.1 Å². The van der Waals surface area contributed by atoms with Crippen molar-refractivity contribution in [3.05, 3.63) is 46.2 Å². The molecule has 0 saturated carbocycles. The third kappa shape index (κ3) is 4.61. The van der Waals surface area contributed by atoms with E-state index in [1.165, 1.54) is 23.5 Å². The maximum Gasteiger partial charge on any atom is 0.311 e. The smallest absolute Gasteiger partial charge is 0.311 e. The van der Waals surface area contributed by atoms with Crippen LogP contribution in [-0.2, 0) is 21.7 Å². The van der Waals surface area contributed by atoms with Gasteiger partial charge in [0.25, 0.3) is 0 Å². The van der Waals surface area contributed by atoms with E-state index in [4.69, 9.17) is 4.74 Å². The number of hydrogen-bond acceptors (Lipinski definition) is 5. The lowest BCUT2D eigenvalue weighted by Gasteiger charge is -1.99. The fourth-order valence-electron chi connectivity index (χ4n) is 1.53. The summed E-state index contributed by atoms with van der Waals surface area (Å²) in [5, 5.41) is 2.82. The van der Waals surface area contributed by atoms with Crippen molar-refractivity contribution in [1.29, 1.82) is 0 Å². The number of esters is 1. The average molecular weight is 311 g/mol. The Morgan fingerprint density at radius 3 is 2.85 bits per heavy atom. The number of nitrogens with zero attached hydrogens (tertiary/aromatic N) is 1. The topological polar surface area (TPSA) is 39.2 Å². The molecule has 0 radical (unpaired) electrons. The van der Waals surface area contributed by atoms with Crippen LogP contribution in [0.25, 0.3) is 0 Å². The second-order valence-electron chi connectivity index (χ2n) is 3.96. The number of thiazole rings is 1. The summed E-state index contributed by atoms with van der Waals surface area (Å²) in [5.74, 6) is 0.218. The predicted octanol–water partition coefficient (Wildman–Crippen LogP) is 3.68. The lowest BCUT2D eigenvalue weighted by atomic mass is 10.3. The highest BCUT2D eigenvalue weighted by atomic mass is 32.2. The van der Waals surface area contributed by atoms with Crippen molar-refractivity contribution in [2.45, 2.75) is 24.0 Å². The van der Waals surface area contributed by atoms with E-state index in [0.717, 1.165) is 15.6 Å². The molecule has 0 aliphatic heterocycles. The van der Waals surface area contributed by atoms with E-state index in [2.05, 4.69) is 4.98 Å². The summed E-state index contributed by atoms with van der Waals surface area (Å²) >= 11 is 3.11. The van der Waals surface area contributed by atoms with Gasteiger partial charge in [-0.3, -0.25) is 4.79 Å². The zero-order chi connectivity index (χ0) is 14.4. The molecule has 0 amide bonds. The van der Waals surface area contributed by atoms with Gasteiger partial charge in [-0.2, -0.15) is 0 Å². The normalized spacial score (nSPS) is 10.5. The molecular formula is C14H14FNO2S2. The maximum absolute atomic E-state index is 12.8. The molecule has 2 aromatic rings. The van der Waals surface area contributed by atoms with Gasteiger partial charge in [0.05, 0.1) is 24.5 Å². The standard InChI is InChI=1S/C14H14FNO2S2/c1-2-18-14(17)7-11-8-20-13(16-11)9-19-12-5-3-10(15)4-6-12/h3-6,8H,2,7,9H2,1H3. The van der Waals surface area contributed by atoms with E-state index in [0.29, 0.717) is 12.4 Å². The molecule has 1 heterocycles. The van der Waals surface area contributed by atoms with Gasteiger partial charge in [0.2, 0.25) is 0 Å². The van der Waals surface area contributed by atoms with Crippen molar-refractivity contribution in [3.63, 3.8) is 0 Å². The van der Waals surface area contributed by atoms with E-state index in [1.54, 1.807) is 30.8 Å². The number of carbonyl (C=O) groups is 1. The van der Waals surface area contributed by atoms with Crippen molar-refractivity contribution in [2.24, 2.45) is 0 Å². The Morgan fingerprint density at radius 2 is 2.15 bits per heavy atom. The Bertz CT molecular complexity index is 569. The zero-order valence-corrected chi connectivity index (χ0v) is 12.6. The number of thioether (sulfide) groups is 1. The van der Waals surface area contributed by atoms with E-state index < -0.39 is 0 Å². The van der Waals surface area contributed by atoms with E-state index in [-0.39, 0.29) is 18.2 Å². The number of rotatable bonds is 6. The van der Waals surface area contributed by atoms with Gasteiger partial charge in [0.1, 0.15) is 10.8 Å². The van der Waals surface area contributed by atoms with Crippen LogP contribution >= 0.6 is 23.1 Å². The van der Waals surface area contributed by atoms with Crippen molar-refractivity contribution in [3.8, 4) is 0 Å². The lowest BCUT2D eigenvalue weighted by Crippen LogP contribution is -2.07. The van der Waals surface area contributed by atoms with Crippen LogP contribution in [0.15, 0.2) is 34.5 Å². The minimum absolute atomic E-state index is 0.214. The number of hydrogen-bond donors (Lipinski definition) is 0. The van der Waals surface area contributed by atoms with Crippen LogP contribution in [0.3, 0.4) is 0 Å². The van der Waals surface area contributed by atoms with Gasteiger partial charge in [0.15, 0.2) is 0 Å². The maximum atomic E-state index is 12.8. The molecule has 0 bridgehead atoms. The summed E-state index contributed by atoms with van der Waals surface area (Å²) in [5.41, 5.74) is 0.739. The molecule has 0 atom stereocenters. The summed E-state index contributed by atoms with van der Waals surface area (Å²) in [6.07, 6.45) is 0.214. The quantitative estimate of drug-likeness (QED) is 0.602. The SMILES string of the molecule is CCOC(=O)Cc1csc(CSc2ccc(F)cc2)n1. The first kappa shape index (κ1) is 15.0. The number of aromatic nitrogens is 1. The van der Waals surface area contributed by atoms with Crippen LogP contribution in [0, 0.1) is 5.82 Å². The molecule has 1 aromatic carbocycles. The van der Waals surface area contributed by atoms with E-state index in [9.17, 15) is 9.18 Å². The van der Waals surface area contributed by atoms with Gasteiger partial charge in [-0.05, 0) is 31.2 Å². The van der Waals surface area contributed by atoms with Gasteiger partial charge in [-0.15, -0.1) is 23.1 Å². The van der Waals surface area contributed by atoms with Gasteiger partial charge in [-0.25, -0.2) is 9.37 Å². The van der Waals surface area contributed by atoms with Crippen LogP contribution in [0.4, 0.5) is 4.39 Å². The fraction of sp³-hybridized carbons (Fsp3) is 0.286. The molecule has 106 valence electrons. The first-order valence-corrected chi connectivity index (χ1v) is 8.01. The Hall–Kier alpha value is -1.40. The average Bonchev–Trinajstić information content (AvgIpc) is 2.86. The molecule has 20 heavy (non-hydrogen) atoms. The van der Waals surface area contributed by atoms with Crippen LogP contribution in [0.5, 0.6) is 0 Å². The van der Waals surface area contributed by atoms with Crippen molar-refractivity contribution in [2.75, 3.05) is 6.61 Å². The molecule has 0 unspecified atom stereocenters.